The summed E-state index contributed by atoms with van der Waals surface area (Å²) >= 11 is 0. The number of nitrogens with two attached hydrogens (primary N) is 1. The molecule has 0 amide bonds. The van der Waals surface area contributed by atoms with Gasteiger partial charge in [-0.3, -0.25) is 0 Å². The highest BCUT2D eigenvalue weighted by Crippen LogP contribution is 2.35. The standard InChI is InChI=1S/C21H16N4O5/c22-30-14-6-8-16(18(29)10-14)21-24-19(11-1-3-12(26)4-2-11)23-20(25-21)15-7-5-13(27)9-17(15)28/h1-10,26-29H,22H2. The van der Waals surface area contributed by atoms with E-state index in [-0.39, 0.29) is 57.3 Å². The molecule has 0 aliphatic heterocycles. The molecular formula is C21H16N4O5. The molecule has 0 unspecified atom stereocenters. The lowest BCUT2D eigenvalue weighted by Crippen LogP contribution is -2.02. The van der Waals surface area contributed by atoms with Crippen LogP contribution in [-0.2, 0) is 0 Å². The summed E-state index contributed by atoms with van der Waals surface area (Å²) in [4.78, 5) is 17.8. The van der Waals surface area contributed by atoms with E-state index in [0.717, 1.165) is 0 Å². The van der Waals surface area contributed by atoms with Gasteiger partial charge in [-0.05, 0) is 48.5 Å². The van der Waals surface area contributed by atoms with E-state index >= 15 is 0 Å². The summed E-state index contributed by atoms with van der Waals surface area (Å²) in [5.74, 6) is 5.47. The fourth-order valence-electron chi connectivity index (χ4n) is 2.84. The average molecular weight is 404 g/mol. The van der Waals surface area contributed by atoms with Crippen molar-refractivity contribution in [2.75, 3.05) is 0 Å². The van der Waals surface area contributed by atoms with Crippen LogP contribution >= 0.6 is 0 Å². The largest absolute Gasteiger partial charge is 0.508 e. The van der Waals surface area contributed by atoms with Crippen molar-refractivity contribution in [1.29, 1.82) is 0 Å². The summed E-state index contributed by atoms with van der Waals surface area (Å²) in [5, 5.41) is 39.7. The summed E-state index contributed by atoms with van der Waals surface area (Å²) in [6, 6.07) is 14.6. The van der Waals surface area contributed by atoms with E-state index in [0.29, 0.717) is 5.56 Å². The third-order valence-corrected chi connectivity index (χ3v) is 4.33. The number of rotatable bonds is 4. The van der Waals surface area contributed by atoms with Crippen LogP contribution in [0.15, 0.2) is 60.7 Å². The Morgan fingerprint density at radius 3 is 1.70 bits per heavy atom. The third kappa shape index (κ3) is 3.64. The SMILES string of the molecule is NOc1ccc(-c2nc(-c3ccc(O)cc3)nc(-c3ccc(O)cc3O)n2)c(O)c1. The van der Waals surface area contributed by atoms with E-state index in [2.05, 4.69) is 19.8 Å². The van der Waals surface area contributed by atoms with Gasteiger partial charge in [-0.25, -0.2) is 15.0 Å². The molecule has 4 rings (SSSR count). The molecule has 0 saturated carbocycles. The molecule has 0 spiro atoms. The Bertz CT molecular complexity index is 1230. The van der Waals surface area contributed by atoms with E-state index in [1.165, 1.54) is 48.5 Å². The number of aromatic nitrogens is 3. The van der Waals surface area contributed by atoms with Crippen LogP contribution in [0.1, 0.15) is 0 Å². The van der Waals surface area contributed by atoms with Gasteiger partial charge in [-0.1, -0.05) is 0 Å². The zero-order valence-corrected chi connectivity index (χ0v) is 15.4. The zero-order valence-electron chi connectivity index (χ0n) is 15.4. The van der Waals surface area contributed by atoms with Crippen LogP contribution in [0.2, 0.25) is 0 Å². The predicted molar refractivity (Wildman–Crippen MR) is 108 cm³/mol. The summed E-state index contributed by atoms with van der Waals surface area (Å²) in [7, 11) is 0. The predicted octanol–water partition coefficient (Wildman–Crippen LogP) is 2.95. The van der Waals surface area contributed by atoms with Crippen molar-refractivity contribution >= 4 is 0 Å². The summed E-state index contributed by atoms with van der Waals surface area (Å²) in [5.41, 5.74) is 1.13. The molecule has 0 radical (unpaired) electrons. The molecule has 0 bridgehead atoms. The van der Waals surface area contributed by atoms with Crippen molar-refractivity contribution in [2.24, 2.45) is 5.90 Å². The van der Waals surface area contributed by atoms with E-state index in [9.17, 15) is 20.4 Å². The Morgan fingerprint density at radius 2 is 1.13 bits per heavy atom. The van der Waals surface area contributed by atoms with Crippen LogP contribution in [0.5, 0.6) is 28.7 Å². The highest BCUT2D eigenvalue weighted by molar-refractivity contribution is 5.72. The number of hydrogen-bond acceptors (Lipinski definition) is 9. The quantitative estimate of drug-likeness (QED) is 0.323. The Labute approximate surface area is 170 Å². The van der Waals surface area contributed by atoms with E-state index < -0.39 is 0 Å². The molecule has 9 heteroatoms. The Morgan fingerprint density at radius 1 is 0.600 bits per heavy atom. The number of nitrogens with zero attached hydrogens (tertiary/aromatic N) is 3. The van der Waals surface area contributed by atoms with Crippen LogP contribution in [0.3, 0.4) is 0 Å². The van der Waals surface area contributed by atoms with Crippen LogP contribution in [0.25, 0.3) is 34.2 Å². The van der Waals surface area contributed by atoms with Gasteiger partial charge in [0.15, 0.2) is 23.2 Å². The second-order valence-electron chi connectivity index (χ2n) is 6.35. The molecule has 3 aromatic carbocycles. The zero-order chi connectivity index (χ0) is 21.3. The maximum absolute atomic E-state index is 10.4. The fourth-order valence-corrected chi connectivity index (χ4v) is 2.84. The summed E-state index contributed by atoms with van der Waals surface area (Å²) in [6.45, 7) is 0. The average Bonchev–Trinajstić information content (AvgIpc) is 2.73. The smallest absolute Gasteiger partial charge is 0.167 e. The van der Waals surface area contributed by atoms with Crippen molar-refractivity contribution < 1.29 is 25.3 Å². The first-order chi connectivity index (χ1) is 14.4. The summed E-state index contributed by atoms with van der Waals surface area (Å²) < 4.78 is 0. The number of phenols is 4. The molecule has 150 valence electrons. The maximum atomic E-state index is 10.4. The normalized spacial score (nSPS) is 10.7. The number of phenolic OH excluding ortho intramolecular Hbond substituents is 4. The minimum Gasteiger partial charge on any atom is -0.508 e. The first-order valence-corrected chi connectivity index (χ1v) is 8.72. The van der Waals surface area contributed by atoms with Crippen LogP contribution in [0, 0.1) is 0 Å². The maximum Gasteiger partial charge on any atom is 0.167 e. The highest BCUT2D eigenvalue weighted by atomic mass is 16.6. The number of hydrogen-bond donors (Lipinski definition) is 5. The van der Waals surface area contributed by atoms with Crippen molar-refractivity contribution in [2.45, 2.75) is 0 Å². The van der Waals surface area contributed by atoms with Gasteiger partial charge < -0.3 is 25.3 Å². The van der Waals surface area contributed by atoms with Gasteiger partial charge in [0.25, 0.3) is 0 Å². The van der Waals surface area contributed by atoms with Gasteiger partial charge in [0.05, 0.1) is 11.1 Å². The monoisotopic (exact) mass is 404 g/mol. The second-order valence-corrected chi connectivity index (χ2v) is 6.35. The molecule has 4 aromatic rings. The lowest BCUT2D eigenvalue weighted by atomic mass is 10.1. The molecule has 9 nitrogen and oxygen atoms in total. The van der Waals surface area contributed by atoms with Gasteiger partial charge in [-0.15, -0.1) is 0 Å². The van der Waals surface area contributed by atoms with E-state index in [4.69, 9.17) is 5.90 Å². The molecule has 0 saturated heterocycles. The minimum absolute atomic E-state index is 0.0828. The van der Waals surface area contributed by atoms with E-state index in [1.807, 2.05) is 0 Å². The van der Waals surface area contributed by atoms with Gasteiger partial charge in [0.2, 0.25) is 0 Å². The first kappa shape index (κ1) is 19.0. The molecule has 0 aliphatic rings. The van der Waals surface area contributed by atoms with Gasteiger partial charge >= 0.3 is 0 Å². The van der Waals surface area contributed by atoms with Crippen LogP contribution < -0.4 is 10.7 Å². The highest BCUT2D eigenvalue weighted by Gasteiger charge is 2.17. The summed E-state index contributed by atoms with van der Waals surface area (Å²) in [6.07, 6.45) is 0. The first-order valence-electron chi connectivity index (χ1n) is 8.72. The lowest BCUT2D eigenvalue weighted by Gasteiger charge is -2.11. The van der Waals surface area contributed by atoms with Crippen LogP contribution in [0.4, 0.5) is 0 Å². The van der Waals surface area contributed by atoms with Gasteiger partial charge in [0, 0.05) is 17.7 Å². The minimum atomic E-state index is -0.222. The number of aromatic hydroxyl groups is 4. The third-order valence-electron chi connectivity index (χ3n) is 4.33. The molecule has 0 fully saturated rings. The van der Waals surface area contributed by atoms with Crippen LogP contribution in [-0.4, -0.2) is 35.4 Å². The Kier molecular flexibility index (Phi) is 4.78. The molecular weight excluding hydrogens is 388 g/mol. The Balaban J connectivity index is 1.93. The van der Waals surface area contributed by atoms with Gasteiger partial charge in [-0.2, -0.15) is 5.90 Å². The number of benzene rings is 3. The lowest BCUT2D eigenvalue weighted by molar-refractivity contribution is 0.332. The molecule has 0 aliphatic carbocycles. The van der Waals surface area contributed by atoms with Crippen molar-refractivity contribution in [1.82, 2.24) is 15.0 Å². The molecule has 1 aromatic heterocycles. The topological polar surface area (TPSA) is 155 Å². The Hall–Kier alpha value is -4.37. The van der Waals surface area contributed by atoms with Crippen molar-refractivity contribution in [3.05, 3.63) is 60.7 Å². The molecule has 30 heavy (non-hydrogen) atoms. The fraction of sp³-hybridized carbons (Fsp3) is 0. The molecule has 1 heterocycles. The molecule has 0 atom stereocenters. The van der Waals surface area contributed by atoms with E-state index in [1.54, 1.807) is 12.1 Å². The van der Waals surface area contributed by atoms with Crippen molar-refractivity contribution in [3.63, 3.8) is 0 Å². The van der Waals surface area contributed by atoms with Gasteiger partial charge in [0.1, 0.15) is 23.0 Å². The molecule has 6 N–H and O–H groups in total. The second kappa shape index (κ2) is 7.57. The van der Waals surface area contributed by atoms with Crippen molar-refractivity contribution in [3.8, 4) is 62.9 Å².